The quantitative estimate of drug-likeness (QED) is 0.0231. The molecule has 0 spiro atoms. The monoisotopic (exact) mass is 840 g/mol. The van der Waals surface area contributed by atoms with Gasteiger partial charge in [-0.15, -0.1) is 0 Å². The van der Waals surface area contributed by atoms with Gasteiger partial charge in [-0.05, 0) is 77.0 Å². The van der Waals surface area contributed by atoms with Gasteiger partial charge in [0.25, 0.3) is 0 Å². The fourth-order valence-electron chi connectivity index (χ4n) is 5.95. The molecule has 0 aromatic carbocycles. The molecule has 0 bridgehead atoms. The summed E-state index contributed by atoms with van der Waals surface area (Å²) >= 11 is 0. The molecule has 0 aliphatic rings. The summed E-state index contributed by atoms with van der Waals surface area (Å²) in [7, 11) is -4.73. The number of ether oxygens (including phenoxy) is 2. The number of phosphoric ester groups is 1. The number of carboxylic acids is 1. The Morgan fingerprint density at radius 3 is 1.45 bits per heavy atom. The maximum atomic E-state index is 12.6. The summed E-state index contributed by atoms with van der Waals surface area (Å²) in [5.74, 6) is -2.43. The lowest BCUT2D eigenvalue weighted by atomic mass is 10.1. The Balaban J connectivity index is 4.38. The van der Waals surface area contributed by atoms with Gasteiger partial charge in [-0.1, -0.05) is 152 Å². The van der Waals surface area contributed by atoms with Crippen molar-refractivity contribution in [3.05, 3.63) is 48.6 Å². The van der Waals surface area contributed by atoms with Crippen LogP contribution in [0.5, 0.6) is 0 Å². The smallest absolute Gasteiger partial charge is 0.472 e. The lowest BCUT2D eigenvalue weighted by Crippen LogP contribution is -2.34. The lowest BCUT2D eigenvalue weighted by molar-refractivity contribution is -0.161. The van der Waals surface area contributed by atoms with Gasteiger partial charge in [-0.25, -0.2) is 4.57 Å². The summed E-state index contributed by atoms with van der Waals surface area (Å²) in [6.45, 7) is 2.73. The number of hydrogen-bond acceptors (Lipinski definition) is 9. The molecule has 0 aliphatic carbocycles. The van der Waals surface area contributed by atoms with Crippen molar-refractivity contribution in [2.45, 2.75) is 206 Å². The Labute approximate surface area is 352 Å². The predicted molar refractivity (Wildman–Crippen MR) is 235 cm³/mol. The highest BCUT2D eigenvalue weighted by molar-refractivity contribution is 7.47. The number of phosphoric acid groups is 1. The predicted octanol–water partition coefficient (Wildman–Crippen LogP) is 12.2. The second kappa shape index (κ2) is 41.2. The van der Waals surface area contributed by atoms with Gasteiger partial charge in [0.1, 0.15) is 12.6 Å². The van der Waals surface area contributed by atoms with Crippen molar-refractivity contribution in [3.8, 4) is 0 Å². The second-order valence-corrected chi connectivity index (χ2v) is 16.6. The first kappa shape index (κ1) is 55.4. The molecule has 11 nitrogen and oxygen atoms in total. The molecule has 1 unspecified atom stereocenters. The molecule has 336 valence electrons. The van der Waals surface area contributed by atoms with Crippen molar-refractivity contribution in [2.24, 2.45) is 5.73 Å². The van der Waals surface area contributed by atoms with E-state index >= 15 is 0 Å². The first-order valence-corrected chi connectivity index (χ1v) is 24.2. The van der Waals surface area contributed by atoms with Gasteiger partial charge < -0.3 is 25.2 Å². The third kappa shape index (κ3) is 40.2. The van der Waals surface area contributed by atoms with E-state index in [1.165, 1.54) is 103 Å². The number of carbonyl (C=O) groups excluding carboxylic acids is 2. The summed E-state index contributed by atoms with van der Waals surface area (Å²) in [6.07, 6.45) is 46.0. The first-order valence-electron chi connectivity index (χ1n) is 22.7. The van der Waals surface area contributed by atoms with E-state index in [1.54, 1.807) is 0 Å². The number of allylic oxidation sites excluding steroid dienone is 8. The fraction of sp³-hybridized carbons (Fsp3) is 0.761. The molecule has 0 fully saturated rings. The van der Waals surface area contributed by atoms with Crippen molar-refractivity contribution < 1.29 is 47.5 Å². The molecule has 58 heavy (non-hydrogen) atoms. The van der Waals surface area contributed by atoms with Gasteiger partial charge in [0, 0.05) is 12.8 Å². The lowest BCUT2D eigenvalue weighted by Gasteiger charge is -2.20. The van der Waals surface area contributed by atoms with Gasteiger partial charge in [0.05, 0.1) is 13.2 Å². The van der Waals surface area contributed by atoms with Gasteiger partial charge >= 0.3 is 25.7 Å². The molecular weight excluding hydrogens is 757 g/mol. The van der Waals surface area contributed by atoms with Crippen LogP contribution in [-0.2, 0) is 37.5 Å². The minimum absolute atomic E-state index is 0.150. The molecule has 4 N–H and O–H groups in total. The molecule has 0 radical (unpaired) electrons. The number of hydrogen-bond donors (Lipinski definition) is 3. The molecule has 12 heteroatoms. The third-order valence-corrected chi connectivity index (χ3v) is 10.5. The van der Waals surface area contributed by atoms with E-state index in [2.05, 4.69) is 67.0 Å². The second-order valence-electron chi connectivity index (χ2n) is 15.2. The van der Waals surface area contributed by atoms with Crippen LogP contribution >= 0.6 is 7.82 Å². The van der Waals surface area contributed by atoms with Crippen molar-refractivity contribution in [2.75, 3.05) is 19.8 Å². The summed E-state index contributed by atoms with van der Waals surface area (Å²) in [5.41, 5.74) is 5.33. The van der Waals surface area contributed by atoms with E-state index in [4.69, 9.17) is 24.8 Å². The molecule has 0 heterocycles. The topological polar surface area (TPSA) is 172 Å². The number of nitrogens with two attached hydrogens (primary N) is 1. The summed E-state index contributed by atoms with van der Waals surface area (Å²) in [6, 6.07) is -1.53. The summed E-state index contributed by atoms with van der Waals surface area (Å²) < 4.78 is 32.7. The zero-order valence-electron chi connectivity index (χ0n) is 36.4. The van der Waals surface area contributed by atoms with E-state index in [1.807, 2.05) is 0 Å². The zero-order valence-corrected chi connectivity index (χ0v) is 37.3. The minimum atomic E-state index is -4.73. The Morgan fingerprint density at radius 2 is 0.914 bits per heavy atom. The molecule has 0 aliphatic heterocycles. The SMILES string of the molecule is CCCCC/C=C\C/C=C\C/C=C\CCCCC(=O)OC[C@H](COP(=O)(O)OC[C@H](N)C(=O)O)OC(=O)CCCCCCCCCCC/C=C\CCCCCCCC. The minimum Gasteiger partial charge on any atom is -0.480 e. The Morgan fingerprint density at radius 1 is 0.534 bits per heavy atom. The van der Waals surface area contributed by atoms with Crippen LogP contribution in [0.4, 0.5) is 0 Å². The Kier molecular flexibility index (Phi) is 39.4. The van der Waals surface area contributed by atoms with Crippen LogP contribution in [0.1, 0.15) is 194 Å². The molecule has 0 aromatic rings. The summed E-state index contributed by atoms with van der Waals surface area (Å²) in [5, 5.41) is 8.89. The van der Waals surface area contributed by atoms with Crippen molar-refractivity contribution >= 4 is 25.7 Å². The van der Waals surface area contributed by atoms with Gasteiger partial charge in [0.2, 0.25) is 0 Å². The van der Waals surface area contributed by atoms with Gasteiger partial charge in [-0.3, -0.25) is 23.4 Å². The normalized spacial score (nSPS) is 14.1. The van der Waals surface area contributed by atoms with E-state index in [9.17, 15) is 23.8 Å². The number of aliphatic carboxylic acids is 1. The van der Waals surface area contributed by atoms with E-state index < -0.39 is 51.1 Å². The average Bonchev–Trinajstić information content (AvgIpc) is 3.20. The van der Waals surface area contributed by atoms with E-state index in [-0.39, 0.29) is 19.4 Å². The Hall–Kier alpha value is -2.56. The fourth-order valence-corrected chi connectivity index (χ4v) is 6.73. The highest BCUT2D eigenvalue weighted by Gasteiger charge is 2.28. The van der Waals surface area contributed by atoms with Crippen molar-refractivity contribution in [1.29, 1.82) is 0 Å². The van der Waals surface area contributed by atoms with Crippen molar-refractivity contribution in [3.63, 3.8) is 0 Å². The molecule has 0 aromatic heterocycles. The number of unbranched alkanes of at least 4 members (excludes halogenated alkanes) is 20. The van der Waals surface area contributed by atoms with Crippen LogP contribution in [0.15, 0.2) is 48.6 Å². The highest BCUT2D eigenvalue weighted by atomic mass is 31.2. The van der Waals surface area contributed by atoms with Gasteiger partial charge in [0.15, 0.2) is 6.10 Å². The molecule has 0 saturated carbocycles. The van der Waals surface area contributed by atoms with E-state index in [0.29, 0.717) is 12.8 Å². The third-order valence-electron chi connectivity index (χ3n) is 9.55. The molecule has 3 atom stereocenters. The number of rotatable bonds is 42. The van der Waals surface area contributed by atoms with Crippen LogP contribution in [0.25, 0.3) is 0 Å². The highest BCUT2D eigenvalue weighted by Crippen LogP contribution is 2.43. The molecular formula is C46H82NO10P. The van der Waals surface area contributed by atoms with E-state index in [0.717, 1.165) is 51.4 Å². The van der Waals surface area contributed by atoms with Crippen molar-refractivity contribution in [1.82, 2.24) is 0 Å². The van der Waals surface area contributed by atoms with Crippen LogP contribution in [0.2, 0.25) is 0 Å². The van der Waals surface area contributed by atoms with Crippen LogP contribution in [0, 0.1) is 0 Å². The summed E-state index contributed by atoms with van der Waals surface area (Å²) in [4.78, 5) is 46.0. The zero-order chi connectivity index (χ0) is 42.8. The standard InChI is InChI=1S/C46H82NO10P/c1-3-5-7-9-11-13-15-17-19-20-21-22-24-26-28-30-32-34-36-38-45(49)57-42(40-55-58(52,53)56-41-43(47)46(50)51)39-54-44(48)37-35-33-31-29-27-25-23-18-16-14-12-10-8-6-4-2/h12,14,17-19,23,27,29,42-43H,3-11,13,15-16,20-22,24-26,28,30-41,47H2,1-2H3,(H,50,51)(H,52,53)/b14-12-,19-17-,23-18-,29-27-/t42-,43+/m1/s1. The Bertz CT molecular complexity index is 1170. The number of esters is 2. The molecule has 0 amide bonds. The number of carbonyl (C=O) groups is 3. The maximum absolute atomic E-state index is 12.6. The first-order chi connectivity index (χ1) is 28.1. The van der Waals surface area contributed by atoms with Crippen LogP contribution < -0.4 is 5.73 Å². The average molecular weight is 840 g/mol. The molecule has 0 saturated heterocycles. The molecule has 0 rings (SSSR count). The van der Waals surface area contributed by atoms with Gasteiger partial charge in [-0.2, -0.15) is 0 Å². The van der Waals surface area contributed by atoms with Crippen LogP contribution in [0.3, 0.4) is 0 Å². The maximum Gasteiger partial charge on any atom is 0.472 e. The van der Waals surface area contributed by atoms with Crippen LogP contribution in [-0.4, -0.2) is 59.9 Å². The largest absolute Gasteiger partial charge is 0.480 e. The number of carboxylic acid groups (broad SMARTS) is 1.